The van der Waals surface area contributed by atoms with Crippen molar-refractivity contribution >= 4 is 17.1 Å². The van der Waals surface area contributed by atoms with Gasteiger partial charge in [0, 0.05) is 37.9 Å². The fourth-order valence-corrected chi connectivity index (χ4v) is 6.10. The third-order valence-corrected chi connectivity index (χ3v) is 8.35. The molecule has 1 fully saturated rings. The van der Waals surface area contributed by atoms with E-state index in [1.54, 1.807) is 0 Å². The highest BCUT2D eigenvalue weighted by atomic mass is 32.1. The molecule has 3 heterocycles. The lowest BCUT2D eigenvalue weighted by Crippen LogP contribution is -2.30. The Morgan fingerprint density at radius 1 is 1.14 bits per heavy atom. The number of aromatic nitrogens is 2. The van der Waals surface area contributed by atoms with Crippen molar-refractivity contribution in [2.45, 2.75) is 57.5 Å². The number of nitrogens with zero attached hydrogens (tertiary/aromatic N) is 3. The standard InChI is InChI=1S/C25H31F4N3O3S/c1-31-20(7-6-18(26)23(31)34)21(33)14-17-4-2-16(3-5-17)8-11-32-12-9-19-22(10-13-32)36-24(30-19)35-15-25(27,28)29/h6-7,16-17H,2-5,8-15H2,1H3. The zero-order chi connectivity index (χ0) is 25.9. The summed E-state index contributed by atoms with van der Waals surface area (Å²) in [5.74, 6) is -0.0894. The molecule has 11 heteroatoms. The average molecular weight is 530 g/mol. The second-order valence-corrected chi connectivity index (χ2v) is 10.9. The maximum absolute atomic E-state index is 13.4. The zero-order valence-corrected chi connectivity index (χ0v) is 21.1. The Balaban J connectivity index is 1.18. The van der Waals surface area contributed by atoms with Crippen LogP contribution in [0, 0.1) is 17.7 Å². The van der Waals surface area contributed by atoms with Gasteiger partial charge in [-0.1, -0.05) is 24.2 Å². The monoisotopic (exact) mass is 529 g/mol. The van der Waals surface area contributed by atoms with Crippen LogP contribution in [0.5, 0.6) is 5.19 Å². The molecular formula is C25H31F4N3O3S. The van der Waals surface area contributed by atoms with Gasteiger partial charge >= 0.3 is 6.18 Å². The van der Waals surface area contributed by atoms with Crippen LogP contribution in [0.4, 0.5) is 17.6 Å². The lowest BCUT2D eigenvalue weighted by molar-refractivity contribution is -0.153. The molecule has 2 aliphatic rings. The summed E-state index contributed by atoms with van der Waals surface area (Å²) in [5.41, 5.74) is 0.328. The molecule has 1 saturated carbocycles. The summed E-state index contributed by atoms with van der Waals surface area (Å²) in [4.78, 5) is 32.1. The van der Waals surface area contributed by atoms with Gasteiger partial charge in [0.05, 0.1) is 11.4 Å². The highest BCUT2D eigenvalue weighted by Gasteiger charge is 2.30. The van der Waals surface area contributed by atoms with Crippen LogP contribution in [0.2, 0.25) is 0 Å². The number of ether oxygens (including phenoxy) is 1. The van der Waals surface area contributed by atoms with Gasteiger partial charge in [-0.05, 0) is 56.2 Å². The van der Waals surface area contributed by atoms with E-state index in [1.807, 2.05) is 0 Å². The van der Waals surface area contributed by atoms with Crippen LogP contribution in [-0.2, 0) is 19.9 Å². The number of rotatable bonds is 8. The quantitative estimate of drug-likeness (QED) is 0.364. The molecule has 0 N–H and O–H groups in total. The van der Waals surface area contributed by atoms with Crippen LogP contribution >= 0.6 is 11.3 Å². The van der Waals surface area contributed by atoms with Gasteiger partial charge in [-0.3, -0.25) is 9.59 Å². The Labute approximate surface area is 211 Å². The molecular weight excluding hydrogens is 498 g/mol. The van der Waals surface area contributed by atoms with Crippen molar-refractivity contribution in [3.05, 3.63) is 44.6 Å². The third kappa shape index (κ3) is 6.94. The van der Waals surface area contributed by atoms with Crippen LogP contribution in [-0.4, -0.2) is 52.7 Å². The number of carbonyl (C=O) groups is 1. The molecule has 4 rings (SSSR count). The van der Waals surface area contributed by atoms with Gasteiger partial charge in [0.25, 0.3) is 10.8 Å². The van der Waals surface area contributed by atoms with E-state index in [2.05, 4.69) is 9.88 Å². The van der Waals surface area contributed by atoms with Crippen molar-refractivity contribution in [1.29, 1.82) is 0 Å². The van der Waals surface area contributed by atoms with E-state index < -0.39 is 24.2 Å². The van der Waals surface area contributed by atoms with Crippen molar-refractivity contribution in [2.75, 3.05) is 26.2 Å². The SMILES string of the molecule is Cn1c(C(=O)CC2CCC(CCN3CCc4nc(OCC(F)(F)F)sc4CC3)CC2)ccc(F)c1=O. The van der Waals surface area contributed by atoms with Gasteiger partial charge in [-0.15, -0.1) is 0 Å². The number of hydrogen-bond acceptors (Lipinski definition) is 6. The maximum Gasteiger partial charge on any atom is 0.422 e. The largest absolute Gasteiger partial charge is 0.460 e. The third-order valence-electron chi connectivity index (χ3n) is 7.28. The number of pyridine rings is 1. The number of Topliss-reactive ketones (excluding diaryl/α,β-unsaturated/α-hetero) is 1. The van der Waals surface area contributed by atoms with Gasteiger partial charge in [-0.2, -0.15) is 13.2 Å². The van der Waals surface area contributed by atoms with Crippen LogP contribution in [0.3, 0.4) is 0 Å². The molecule has 0 radical (unpaired) electrons. The van der Waals surface area contributed by atoms with Crippen LogP contribution in [0.1, 0.15) is 59.6 Å². The number of hydrogen-bond donors (Lipinski definition) is 0. The Morgan fingerprint density at radius 3 is 2.56 bits per heavy atom. The van der Waals surface area contributed by atoms with E-state index in [0.29, 0.717) is 18.8 Å². The molecule has 2 aromatic rings. The molecule has 0 bridgehead atoms. The van der Waals surface area contributed by atoms with Crippen molar-refractivity contribution in [3.8, 4) is 5.19 Å². The predicted octanol–water partition coefficient (Wildman–Crippen LogP) is 4.79. The number of ketones is 1. The Hall–Kier alpha value is -2.27. The molecule has 198 valence electrons. The smallest absolute Gasteiger partial charge is 0.422 e. The van der Waals surface area contributed by atoms with Gasteiger partial charge in [0.2, 0.25) is 0 Å². The molecule has 2 aromatic heterocycles. The van der Waals surface area contributed by atoms with Crippen molar-refractivity contribution < 1.29 is 27.1 Å². The second-order valence-electron chi connectivity index (χ2n) is 9.83. The first kappa shape index (κ1) is 26.8. The minimum atomic E-state index is -4.36. The lowest BCUT2D eigenvalue weighted by atomic mass is 9.78. The maximum atomic E-state index is 13.4. The minimum absolute atomic E-state index is 0.0997. The summed E-state index contributed by atoms with van der Waals surface area (Å²) in [6.07, 6.45) is 2.62. The summed E-state index contributed by atoms with van der Waals surface area (Å²) >= 11 is 1.22. The average Bonchev–Trinajstić information content (AvgIpc) is 3.13. The molecule has 6 nitrogen and oxygen atoms in total. The van der Waals surface area contributed by atoms with Crippen LogP contribution in [0.25, 0.3) is 0 Å². The van der Waals surface area contributed by atoms with Crippen LogP contribution in [0.15, 0.2) is 16.9 Å². The number of halogens is 4. The van der Waals surface area contributed by atoms with Gasteiger partial charge in [0.1, 0.15) is 0 Å². The van der Waals surface area contributed by atoms with Gasteiger partial charge < -0.3 is 14.2 Å². The minimum Gasteiger partial charge on any atom is -0.460 e. The Kier molecular flexibility index (Phi) is 8.49. The molecule has 0 saturated heterocycles. The lowest BCUT2D eigenvalue weighted by Gasteiger charge is -2.30. The van der Waals surface area contributed by atoms with Crippen molar-refractivity contribution in [2.24, 2.45) is 18.9 Å². The highest BCUT2D eigenvalue weighted by molar-refractivity contribution is 7.13. The fraction of sp³-hybridized carbons (Fsp3) is 0.640. The molecule has 36 heavy (non-hydrogen) atoms. The van der Waals surface area contributed by atoms with E-state index in [1.165, 1.54) is 24.5 Å². The number of alkyl halides is 3. The molecule has 0 amide bonds. The normalized spacial score (nSPS) is 21.1. The topological polar surface area (TPSA) is 64.4 Å². The van der Waals surface area contributed by atoms with E-state index in [4.69, 9.17) is 4.74 Å². The molecule has 1 aliphatic carbocycles. The zero-order valence-electron chi connectivity index (χ0n) is 20.3. The molecule has 0 unspecified atom stereocenters. The van der Waals surface area contributed by atoms with Gasteiger partial charge in [0.15, 0.2) is 18.2 Å². The molecule has 1 aliphatic heterocycles. The summed E-state index contributed by atoms with van der Waals surface area (Å²) in [5, 5.41) is 0.0997. The van der Waals surface area contributed by atoms with E-state index in [-0.39, 0.29) is 22.6 Å². The first-order valence-corrected chi connectivity index (χ1v) is 13.2. The summed E-state index contributed by atoms with van der Waals surface area (Å²) in [6, 6.07) is 2.45. The molecule has 0 spiro atoms. The number of carbonyl (C=O) groups excluding carboxylic acids is 1. The summed E-state index contributed by atoms with van der Waals surface area (Å²) in [7, 11) is 1.42. The fourth-order valence-electron chi connectivity index (χ4n) is 5.16. The number of thiazole rings is 1. The highest BCUT2D eigenvalue weighted by Crippen LogP contribution is 2.34. The van der Waals surface area contributed by atoms with E-state index in [9.17, 15) is 27.2 Å². The second kappa shape index (κ2) is 11.4. The molecule has 0 aromatic carbocycles. The van der Waals surface area contributed by atoms with Crippen molar-refractivity contribution in [1.82, 2.24) is 14.5 Å². The van der Waals surface area contributed by atoms with Gasteiger partial charge in [-0.25, -0.2) is 9.37 Å². The van der Waals surface area contributed by atoms with Crippen molar-refractivity contribution in [3.63, 3.8) is 0 Å². The predicted molar refractivity (Wildman–Crippen MR) is 128 cm³/mol. The van der Waals surface area contributed by atoms with E-state index in [0.717, 1.165) is 79.4 Å². The van der Waals surface area contributed by atoms with Crippen LogP contribution < -0.4 is 10.3 Å². The van der Waals surface area contributed by atoms with E-state index >= 15 is 0 Å². The Morgan fingerprint density at radius 2 is 1.83 bits per heavy atom. The Bertz CT molecular complexity index is 1100. The summed E-state index contributed by atoms with van der Waals surface area (Å²) < 4.78 is 56.4. The summed E-state index contributed by atoms with van der Waals surface area (Å²) in [6.45, 7) is 1.34. The first-order chi connectivity index (χ1) is 17.1. The first-order valence-electron chi connectivity index (χ1n) is 12.4. The molecule has 0 atom stereocenters. The number of fused-ring (bicyclic) bond motifs is 1.